The van der Waals surface area contributed by atoms with Gasteiger partial charge in [-0.2, -0.15) is 0 Å². The second-order valence-electron chi connectivity index (χ2n) is 6.03. The molecule has 1 unspecified atom stereocenters. The summed E-state index contributed by atoms with van der Waals surface area (Å²) in [4.78, 5) is 4.45. The Hall–Kier alpha value is -0.890. The first kappa shape index (κ1) is 15.2. The smallest absolute Gasteiger partial charge is 0.0378 e. The lowest BCUT2D eigenvalue weighted by Gasteiger charge is -2.23. The first-order valence-corrected chi connectivity index (χ1v) is 7.06. The third-order valence-corrected chi connectivity index (χ3v) is 3.37. The van der Waals surface area contributed by atoms with Crippen molar-refractivity contribution in [3.05, 3.63) is 29.1 Å². The third-order valence-electron chi connectivity index (χ3n) is 3.37. The van der Waals surface area contributed by atoms with E-state index in [1.807, 2.05) is 0 Å². The van der Waals surface area contributed by atoms with Crippen molar-refractivity contribution in [3.8, 4) is 0 Å². The Labute approximate surface area is 112 Å². The van der Waals surface area contributed by atoms with Gasteiger partial charge in [-0.1, -0.05) is 27.7 Å². The molecule has 1 atom stereocenters. The summed E-state index contributed by atoms with van der Waals surface area (Å²) in [5, 5.41) is 3.56. The Kier molecular flexibility index (Phi) is 5.80. The highest BCUT2D eigenvalue weighted by atomic mass is 14.9. The van der Waals surface area contributed by atoms with Gasteiger partial charge < -0.3 is 5.32 Å². The topological polar surface area (TPSA) is 24.9 Å². The molecule has 1 N–H and O–H groups in total. The van der Waals surface area contributed by atoms with Gasteiger partial charge in [0.05, 0.1) is 0 Å². The molecule has 1 aromatic heterocycles. The summed E-state index contributed by atoms with van der Waals surface area (Å²) in [5.41, 5.74) is 3.68. The van der Waals surface area contributed by atoms with Gasteiger partial charge in [0.2, 0.25) is 0 Å². The van der Waals surface area contributed by atoms with Crippen LogP contribution in [0, 0.1) is 25.7 Å². The van der Waals surface area contributed by atoms with E-state index in [0.29, 0.717) is 17.9 Å². The standard InChI is InChI=1S/C16H28N2/c1-11(2)16(10-17-12(3)4)9-15-7-13(5)18-14(6)8-15/h7-8,11-12,16-17H,9-10H2,1-6H3. The molecule has 1 rings (SSSR count). The molecule has 0 aromatic carbocycles. The van der Waals surface area contributed by atoms with E-state index in [0.717, 1.165) is 24.4 Å². The van der Waals surface area contributed by atoms with Crippen LogP contribution in [-0.4, -0.2) is 17.6 Å². The van der Waals surface area contributed by atoms with E-state index in [1.54, 1.807) is 0 Å². The van der Waals surface area contributed by atoms with E-state index in [1.165, 1.54) is 5.56 Å². The van der Waals surface area contributed by atoms with Crippen molar-refractivity contribution in [3.63, 3.8) is 0 Å². The van der Waals surface area contributed by atoms with Crippen LogP contribution in [0.1, 0.15) is 44.6 Å². The van der Waals surface area contributed by atoms with Gasteiger partial charge in [0, 0.05) is 17.4 Å². The van der Waals surface area contributed by atoms with Gasteiger partial charge in [0.15, 0.2) is 0 Å². The molecule has 0 amide bonds. The zero-order valence-corrected chi connectivity index (χ0v) is 12.7. The molecular formula is C16H28N2. The van der Waals surface area contributed by atoms with Crippen LogP contribution in [0.15, 0.2) is 12.1 Å². The molecule has 18 heavy (non-hydrogen) atoms. The lowest BCUT2D eigenvalue weighted by Crippen LogP contribution is -2.32. The molecule has 0 saturated carbocycles. The molecule has 0 aliphatic rings. The van der Waals surface area contributed by atoms with E-state index in [4.69, 9.17) is 0 Å². The molecule has 1 aromatic rings. The Bertz CT molecular complexity index is 349. The zero-order valence-electron chi connectivity index (χ0n) is 12.7. The molecule has 0 radical (unpaired) electrons. The van der Waals surface area contributed by atoms with Crippen molar-refractivity contribution in [2.75, 3.05) is 6.54 Å². The molecule has 0 saturated heterocycles. The average molecular weight is 248 g/mol. The van der Waals surface area contributed by atoms with Crippen molar-refractivity contribution in [1.82, 2.24) is 10.3 Å². The van der Waals surface area contributed by atoms with E-state index in [9.17, 15) is 0 Å². The van der Waals surface area contributed by atoms with Crippen molar-refractivity contribution >= 4 is 0 Å². The molecule has 0 aliphatic heterocycles. The summed E-state index contributed by atoms with van der Waals surface area (Å²) in [6.07, 6.45) is 1.14. The van der Waals surface area contributed by atoms with Crippen LogP contribution >= 0.6 is 0 Å². The summed E-state index contributed by atoms with van der Waals surface area (Å²) in [6.45, 7) is 14.3. The SMILES string of the molecule is Cc1cc(CC(CNC(C)C)C(C)C)cc(C)n1. The summed E-state index contributed by atoms with van der Waals surface area (Å²) < 4.78 is 0. The fraction of sp³-hybridized carbons (Fsp3) is 0.688. The second kappa shape index (κ2) is 6.89. The lowest BCUT2D eigenvalue weighted by molar-refractivity contribution is 0.349. The molecule has 102 valence electrons. The maximum Gasteiger partial charge on any atom is 0.0378 e. The molecule has 2 nitrogen and oxygen atoms in total. The molecular weight excluding hydrogens is 220 g/mol. The predicted molar refractivity (Wildman–Crippen MR) is 78.9 cm³/mol. The molecule has 0 bridgehead atoms. The monoisotopic (exact) mass is 248 g/mol. The summed E-state index contributed by atoms with van der Waals surface area (Å²) in [7, 11) is 0. The van der Waals surface area contributed by atoms with E-state index in [-0.39, 0.29) is 0 Å². The summed E-state index contributed by atoms with van der Waals surface area (Å²) in [5.74, 6) is 1.39. The fourth-order valence-electron chi connectivity index (χ4n) is 2.27. The average Bonchev–Trinajstić information content (AvgIpc) is 2.22. The number of rotatable bonds is 6. The first-order chi connectivity index (χ1) is 8.38. The fourth-order valence-corrected chi connectivity index (χ4v) is 2.27. The van der Waals surface area contributed by atoms with Gasteiger partial charge in [0.25, 0.3) is 0 Å². The van der Waals surface area contributed by atoms with Crippen LogP contribution in [-0.2, 0) is 6.42 Å². The van der Waals surface area contributed by atoms with Gasteiger partial charge in [-0.3, -0.25) is 4.98 Å². The Morgan fingerprint density at radius 2 is 1.61 bits per heavy atom. The number of aromatic nitrogens is 1. The number of nitrogens with zero attached hydrogens (tertiary/aromatic N) is 1. The van der Waals surface area contributed by atoms with E-state index < -0.39 is 0 Å². The third kappa shape index (κ3) is 5.18. The van der Waals surface area contributed by atoms with Crippen LogP contribution in [0.4, 0.5) is 0 Å². The number of hydrogen-bond donors (Lipinski definition) is 1. The van der Waals surface area contributed by atoms with Gasteiger partial charge in [-0.25, -0.2) is 0 Å². The second-order valence-corrected chi connectivity index (χ2v) is 6.03. The van der Waals surface area contributed by atoms with Gasteiger partial charge in [-0.05, 0) is 56.3 Å². The van der Waals surface area contributed by atoms with Crippen molar-refractivity contribution in [1.29, 1.82) is 0 Å². The van der Waals surface area contributed by atoms with Crippen LogP contribution in [0.2, 0.25) is 0 Å². The number of nitrogens with one attached hydrogen (secondary N) is 1. The zero-order chi connectivity index (χ0) is 13.7. The molecule has 1 heterocycles. The van der Waals surface area contributed by atoms with E-state index in [2.05, 4.69) is 64.0 Å². The van der Waals surface area contributed by atoms with Crippen molar-refractivity contribution < 1.29 is 0 Å². The maximum absolute atomic E-state index is 4.45. The molecule has 2 heteroatoms. The minimum absolute atomic E-state index is 0.562. The van der Waals surface area contributed by atoms with Crippen LogP contribution in [0.5, 0.6) is 0 Å². The van der Waals surface area contributed by atoms with E-state index >= 15 is 0 Å². The molecule has 0 aliphatic carbocycles. The quantitative estimate of drug-likeness (QED) is 0.833. The maximum atomic E-state index is 4.45. The summed E-state index contributed by atoms with van der Waals surface area (Å²) >= 11 is 0. The number of hydrogen-bond acceptors (Lipinski definition) is 2. The van der Waals surface area contributed by atoms with Gasteiger partial charge in [0.1, 0.15) is 0 Å². The number of pyridine rings is 1. The minimum Gasteiger partial charge on any atom is -0.314 e. The highest BCUT2D eigenvalue weighted by Crippen LogP contribution is 2.18. The Balaban J connectivity index is 2.70. The first-order valence-electron chi connectivity index (χ1n) is 7.06. The Morgan fingerprint density at radius 1 is 1.06 bits per heavy atom. The predicted octanol–water partition coefficient (Wildman–Crippen LogP) is 3.51. The molecule has 0 spiro atoms. The normalized spacial score (nSPS) is 13.3. The van der Waals surface area contributed by atoms with Gasteiger partial charge >= 0.3 is 0 Å². The Morgan fingerprint density at radius 3 is 2.06 bits per heavy atom. The summed E-state index contributed by atoms with van der Waals surface area (Å²) in [6, 6.07) is 5.00. The highest BCUT2D eigenvalue weighted by molar-refractivity contribution is 5.20. The highest BCUT2D eigenvalue weighted by Gasteiger charge is 2.14. The van der Waals surface area contributed by atoms with Crippen molar-refractivity contribution in [2.45, 2.75) is 54.0 Å². The number of aryl methyl sites for hydroxylation is 2. The van der Waals surface area contributed by atoms with Crippen molar-refractivity contribution in [2.24, 2.45) is 11.8 Å². The van der Waals surface area contributed by atoms with Crippen LogP contribution in [0.25, 0.3) is 0 Å². The lowest BCUT2D eigenvalue weighted by atomic mass is 9.89. The van der Waals surface area contributed by atoms with Gasteiger partial charge in [-0.15, -0.1) is 0 Å². The molecule has 0 fully saturated rings. The van der Waals surface area contributed by atoms with Crippen LogP contribution < -0.4 is 5.32 Å². The minimum atomic E-state index is 0.562. The largest absolute Gasteiger partial charge is 0.314 e. The van der Waals surface area contributed by atoms with Crippen LogP contribution in [0.3, 0.4) is 0 Å².